The third-order valence-electron chi connectivity index (χ3n) is 8.49. The van der Waals surface area contributed by atoms with E-state index in [9.17, 15) is 8.42 Å². The van der Waals surface area contributed by atoms with E-state index in [0.717, 1.165) is 44.1 Å². The predicted molar refractivity (Wildman–Crippen MR) is 129 cm³/mol. The molecule has 0 aromatic carbocycles. The number of hydrogen-bond acceptors (Lipinski definition) is 8. The van der Waals surface area contributed by atoms with Crippen LogP contribution in [-0.4, -0.2) is 89.2 Å². The highest BCUT2D eigenvalue weighted by Crippen LogP contribution is 2.41. The number of piperidine rings is 3. The van der Waals surface area contributed by atoms with Crippen LogP contribution in [0.4, 0.5) is 0 Å². The number of hydrogen-bond donors (Lipinski definition) is 6. The summed E-state index contributed by atoms with van der Waals surface area (Å²) in [6.45, 7) is 4.49. The molecular weight excluding hydrogens is 426 g/mol. The van der Waals surface area contributed by atoms with Crippen molar-refractivity contribution in [1.82, 2.24) is 25.6 Å². The Hall–Kier alpha value is -0.330. The topological polar surface area (TPSA) is 138 Å². The van der Waals surface area contributed by atoms with Gasteiger partial charge in [0.25, 0.3) is 0 Å². The highest BCUT2D eigenvalue weighted by atomic mass is 32.2. The Balaban J connectivity index is 1.29. The molecule has 0 aromatic heterocycles. The van der Waals surface area contributed by atoms with Gasteiger partial charge < -0.3 is 27.4 Å². The lowest BCUT2D eigenvalue weighted by Crippen LogP contribution is -2.61. The van der Waals surface area contributed by atoms with E-state index in [1.54, 1.807) is 0 Å². The van der Waals surface area contributed by atoms with Crippen molar-refractivity contribution in [1.29, 1.82) is 0 Å². The Morgan fingerprint density at radius 2 is 1.84 bits per heavy atom. The molecule has 8 N–H and O–H groups in total. The maximum Gasteiger partial charge on any atom is 0.217 e. The van der Waals surface area contributed by atoms with Crippen LogP contribution in [0.25, 0.3) is 0 Å². The van der Waals surface area contributed by atoms with Crippen molar-refractivity contribution in [2.75, 3.05) is 46.3 Å². The lowest BCUT2D eigenvalue weighted by atomic mass is 9.70. The number of nitrogens with two attached hydrogens (primary N) is 2. The fraction of sp³-hybridized carbons (Fsp3) is 1.00. The van der Waals surface area contributed by atoms with Crippen molar-refractivity contribution >= 4 is 10.0 Å². The van der Waals surface area contributed by atoms with Crippen LogP contribution in [0.2, 0.25) is 0 Å². The molecule has 6 unspecified atom stereocenters. The molecule has 2 bridgehead atoms. The van der Waals surface area contributed by atoms with Gasteiger partial charge in [-0.25, -0.2) is 13.1 Å². The second kappa shape index (κ2) is 10.9. The van der Waals surface area contributed by atoms with Gasteiger partial charge in [-0.1, -0.05) is 6.42 Å². The van der Waals surface area contributed by atoms with E-state index in [-0.39, 0.29) is 24.8 Å². The van der Waals surface area contributed by atoms with Gasteiger partial charge in [-0.2, -0.15) is 0 Å². The van der Waals surface area contributed by atoms with Gasteiger partial charge in [0.2, 0.25) is 10.0 Å². The molecule has 0 radical (unpaired) electrons. The molecule has 0 amide bonds. The molecule has 32 heavy (non-hydrogen) atoms. The van der Waals surface area contributed by atoms with Crippen LogP contribution in [0.1, 0.15) is 44.9 Å². The van der Waals surface area contributed by atoms with E-state index in [4.69, 9.17) is 11.5 Å². The average Bonchev–Trinajstić information content (AvgIpc) is 2.78. The molecule has 6 atom stereocenters. The molecule has 3 saturated heterocycles. The summed E-state index contributed by atoms with van der Waals surface area (Å²) in [5.74, 6) is 2.11. The van der Waals surface area contributed by atoms with Crippen LogP contribution in [0.15, 0.2) is 0 Å². The van der Waals surface area contributed by atoms with Gasteiger partial charge in [0.15, 0.2) is 0 Å². The molecule has 5 aliphatic rings. The fourth-order valence-electron chi connectivity index (χ4n) is 6.61. The van der Waals surface area contributed by atoms with Gasteiger partial charge in [0, 0.05) is 44.3 Å². The van der Waals surface area contributed by atoms with Gasteiger partial charge in [0.05, 0.1) is 6.17 Å². The van der Waals surface area contributed by atoms with Crippen molar-refractivity contribution in [3.63, 3.8) is 0 Å². The first-order chi connectivity index (χ1) is 15.4. The fourth-order valence-corrected chi connectivity index (χ4v) is 8.06. The Morgan fingerprint density at radius 3 is 2.50 bits per heavy atom. The van der Waals surface area contributed by atoms with Gasteiger partial charge in [-0.3, -0.25) is 4.90 Å². The third-order valence-corrected chi connectivity index (χ3v) is 10.4. The monoisotopic (exact) mass is 471 g/mol. The normalized spacial score (nSPS) is 39.4. The van der Waals surface area contributed by atoms with E-state index in [0.29, 0.717) is 25.0 Å². The molecule has 0 aromatic rings. The lowest BCUT2D eigenvalue weighted by molar-refractivity contribution is -0.0116. The summed E-state index contributed by atoms with van der Waals surface area (Å²) < 4.78 is 29.4. The summed E-state index contributed by atoms with van der Waals surface area (Å²) in [6, 6.07) is 0.521. The quantitative estimate of drug-likeness (QED) is 0.238. The number of fused-ring (bicyclic) bond motifs is 2. The van der Waals surface area contributed by atoms with Gasteiger partial charge >= 0.3 is 0 Å². The van der Waals surface area contributed by atoms with Crippen molar-refractivity contribution in [2.24, 2.45) is 29.2 Å². The summed E-state index contributed by atoms with van der Waals surface area (Å²) >= 11 is 0. The summed E-state index contributed by atoms with van der Waals surface area (Å²) in [7, 11) is -1.65. The van der Waals surface area contributed by atoms with Crippen LogP contribution >= 0.6 is 0 Å². The standard InChI is InChI=1S/C22H45N7O2S/c1-25-22-17(10-23)3-2-4-20(22)28-32(30,31)19(11-24)12-27-21-9-18(5-6-26-21)29-13-15-7-16(8-15)14-29/h15-22,25-28H,2-14,23-24H2,1H3. The molecule has 5 fully saturated rings. The van der Waals surface area contributed by atoms with Crippen molar-refractivity contribution < 1.29 is 8.42 Å². The van der Waals surface area contributed by atoms with Crippen molar-refractivity contribution in [2.45, 2.75) is 74.5 Å². The Bertz CT molecular complexity index is 692. The number of sulfonamides is 1. The largest absolute Gasteiger partial charge is 0.330 e. The molecular formula is C22H45N7O2S. The first-order valence-electron chi connectivity index (χ1n) is 12.7. The molecule has 5 rings (SSSR count). The zero-order valence-corrected chi connectivity index (χ0v) is 20.5. The minimum absolute atomic E-state index is 0.0615. The molecule has 2 saturated carbocycles. The zero-order valence-electron chi connectivity index (χ0n) is 19.6. The minimum atomic E-state index is -3.54. The van der Waals surface area contributed by atoms with E-state index in [1.165, 1.54) is 32.4 Å². The molecule has 2 aliphatic carbocycles. The molecule has 3 aliphatic heterocycles. The average molecular weight is 472 g/mol. The van der Waals surface area contributed by atoms with Crippen molar-refractivity contribution in [3.8, 4) is 0 Å². The SMILES string of the molecule is CNC1C(CN)CCCC1NS(=O)(=O)C(CN)CNC1CC(N2CC3CC(C3)C2)CCN1. The molecule has 186 valence electrons. The van der Waals surface area contributed by atoms with Crippen LogP contribution in [0, 0.1) is 17.8 Å². The first-order valence-corrected chi connectivity index (χ1v) is 14.3. The number of likely N-dealkylation sites (N-methyl/N-ethyl adjacent to an activating group) is 1. The van der Waals surface area contributed by atoms with Gasteiger partial charge in [-0.05, 0) is 76.4 Å². The Kier molecular flexibility index (Phi) is 8.48. The van der Waals surface area contributed by atoms with Gasteiger partial charge in [-0.15, -0.1) is 0 Å². The lowest BCUT2D eigenvalue weighted by Gasteiger charge is -2.51. The maximum absolute atomic E-state index is 13.2. The molecule has 10 heteroatoms. The molecule has 9 nitrogen and oxygen atoms in total. The minimum Gasteiger partial charge on any atom is -0.330 e. The number of nitrogens with zero attached hydrogens (tertiary/aromatic N) is 1. The van der Waals surface area contributed by atoms with E-state index >= 15 is 0 Å². The van der Waals surface area contributed by atoms with Crippen LogP contribution in [0.5, 0.6) is 0 Å². The molecule has 0 spiro atoms. The van der Waals surface area contributed by atoms with E-state index in [2.05, 4.69) is 25.6 Å². The van der Waals surface area contributed by atoms with Gasteiger partial charge in [0.1, 0.15) is 5.25 Å². The number of nitrogens with one attached hydrogen (secondary N) is 4. The smallest absolute Gasteiger partial charge is 0.217 e. The maximum atomic E-state index is 13.2. The first kappa shape index (κ1) is 24.8. The highest BCUT2D eigenvalue weighted by molar-refractivity contribution is 7.90. The second-order valence-electron chi connectivity index (χ2n) is 10.6. The Labute approximate surface area is 194 Å². The highest BCUT2D eigenvalue weighted by Gasteiger charge is 2.41. The zero-order chi connectivity index (χ0) is 22.7. The van der Waals surface area contributed by atoms with Crippen LogP contribution in [-0.2, 0) is 10.0 Å². The summed E-state index contributed by atoms with van der Waals surface area (Å²) in [4.78, 5) is 2.69. The molecule has 3 heterocycles. The van der Waals surface area contributed by atoms with Crippen molar-refractivity contribution in [3.05, 3.63) is 0 Å². The summed E-state index contributed by atoms with van der Waals surface area (Å²) in [6.07, 6.45) is 8.04. The third kappa shape index (κ3) is 5.66. The second-order valence-corrected chi connectivity index (χ2v) is 12.6. The van der Waals surface area contributed by atoms with Crippen LogP contribution < -0.4 is 32.1 Å². The van der Waals surface area contributed by atoms with E-state index in [1.807, 2.05) is 7.05 Å². The number of rotatable bonds is 10. The van der Waals surface area contributed by atoms with E-state index < -0.39 is 15.3 Å². The summed E-state index contributed by atoms with van der Waals surface area (Å²) in [5, 5.41) is 9.66. The Morgan fingerprint density at radius 1 is 1.09 bits per heavy atom. The summed E-state index contributed by atoms with van der Waals surface area (Å²) in [5.41, 5.74) is 11.9. The van der Waals surface area contributed by atoms with Crippen LogP contribution in [0.3, 0.4) is 0 Å². The predicted octanol–water partition coefficient (Wildman–Crippen LogP) is -1.04.